The number of benzene rings is 1. The van der Waals surface area contributed by atoms with E-state index in [4.69, 9.17) is 14.0 Å². The lowest BCUT2D eigenvalue weighted by Gasteiger charge is -2.33. The van der Waals surface area contributed by atoms with Gasteiger partial charge in [-0.3, -0.25) is 4.55 Å². The first kappa shape index (κ1) is 24.7. The predicted octanol–water partition coefficient (Wildman–Crippen LogP) is 5.84. The molecule has 1 aliphatic rings. The summed E-state index contributed by atoms with van der Waals surface area (Å²) in [5.41, 5.74) is 0.817. The first-order valence-corrected chi connectivity index (χ1v) is 12.7. The lowest BCUT2D eigenvalue weighted by molar-refractivity contribution is 0.114. The molecule has 0 fully saturated rings. The molecule has 0 spiro atoms. The van der Waals surface area contributed by atoms with Crippen LogP contribution in [0.15, 0.2) is 30.4 Å². The fraction of sp³-hybridized carbons (Fsp3) is 0.667. The molecule has 1 aliphatic heterocycles. The molecule has 2 rings (SSSR count). The number of aryl methyl sites for hydroxylation is 1. The average Bonchev–Trinajstić information content (AvgIpc) is 2.64. The molecule has 0 aromatic heterocycles. The highest BCUT2D eigenvalue weighted by Gasteiger charge is 2.29. The fourth-order valence-electron chi connectivity index (χ4n) is 3.72. The van der Waals surface area contributed by atoms with E-state index in [0.717, 1.165) is 36.5 Å². The summed E-state index contributed by atoms with van der Waals surface area (Å²) in [7, 11) is -3.93. The van der Waals surface area contributed by atoms with Gasteiger partial charge in [0.25, 0.3) is 10.1 Å². The van der Waals surface area contributed by atoms with Crippen LogP contribution in [-0.2, 0) is 16.5 Å². The van der Waals surface area contributed by atoms with Gasteiger partial charge < -0.3 is 9.47 Å². The third kappa shape index (κ3) is 9.09. The summed E-state index contributed by atoms with van der Waals surface area (Å²) in [5, 5.41) is 0. The molecule has 170 valence electrons. The van der Waals surface area contributed by atoms with E-state index in [-0.39, 0.29) is 24.4 Å². The van der Waals surface area contributed by atoms with Gasteiger partial charge >= 0.3 is 0 Å². The van der Waals surface area contributed by atoms with Crippen molar-refractivity contribution in [2.45, 2.75) is 78.2 Å². The Hall–Kier alpha value is -1.53. The molecule has 6 heteroatoms. The summed E-state index contributed by atoms with van der Waals surface area (Å²) < 4.78 is 42.2. The normalized spacial score (nSPS) is 20.2. The highest BCUT2D eigenvalue weighted by molar-refractivity contribution is 7.85. The van der Waals surface area contributed by atoms with E-state index in [2.05, 4.69) is 39.8 Å². The molecule has 0 radical (unpaired) electrons. The van der Waals surface area contributed by atoms with Crippen molar-refractivity contribution in [1.29, 1.82) is 0 Å². The Balaban J connectivity index is 1.82. The maximum Gasteiger partial charge on any atom is 0.264 e. The van der Waals surface area contributed by atoms with E-state index >= 15 is 0 Å². The molecule has 1 N–H and O–H groups in total. The highest BCUT2D eigenvalue weighted by atomic mass is 32.2. The topological polar surface area (TPSA) is 72.8 Å². The van der Waals surface area contributed by atoms with Crippen LogP contribution in [-0.4, -0.2) is 30.9 Å². The van der Waals surface area contributed by atoms with Crippen LogP contribution in [0, 0.1) is 11.8 Å². The van der Waals surface area contributed by atoms with Crippen LogP contribution in [0.2, 0.25) is 0 Å². The molecule has 1 heterocycles. The Morgan fingerprint density at radius 1 is 1.23 bits per heavy atom. The fourth-order valence-corrected chi connectivity index (χ4v) is 4.20. The quantitative estimate of drug-likeness (QED) is 0.252. The molecular formula is C24H38O5S. The second-order valence-electron chi connectivity index (χ2n) is 9.24. The Kier molecular flexibility index (Phi) is 9.23. The monoisotopic (exact) mass is 438 g/mol. The van der Waals surface area contributed by atoms with Crippen molar-refractivity contribution in [2.75, 3.05) is 12.4 Å². The van der Waals surface area contributed by atoms with Crippen LogP contribution in [0.1, 0.15) is 71.8 Å². The van der Waals surface area contributed by atoms with Gasteiger partial charge in [-0.1, -0.05) is 46.1 Å². The van der Waals surface area contributed by atoms with E-state index in [1.54, 1.807) is 0 Å². The number of allylic oxidation sites excluding steroid dienone is 1. The summed E-state index contributed by atoms with van der Waals surface area (Å²) in [6.45, 7) is 9.26. The highest BCUT2D eigenvalue weighted by Crippen LogP contribution is 2.36. The second-order valence-corrected chi connectivity index (χ2v) is 10.8. The number of hydrogen-bond acceptors (Lipinski definition) is 4. The maximum atomic E-state index is 10.8. The van der Waals surface area contributed by atoms with Crippen molar-refractivity contribution >= 4 is 10.1 Å². The van der Waals surface area contributed by atoms with Gasteiger partial charge in [0.05, 0.1) is 12.4 Å². The molecule has 2 unspecified atom stereocenters. The zero-order chi connectivity index (χ0) is 22.2. The number of hydrogen-bond donors (Lipinski definition) is 1. The van der Waals surface area contributed by atoms with Gasteiger partial charge in [-0.15, -0.1) is 0 Å². The van der Waals surface area contributed by atoms with Crippen molar-refractivity contribution in [2.24, 2.45) is 11.8 Å². The summed E-state index contributed by atoms with van der Waals surface area (Å²) in [4.78, 5) is 0. The van der Waals surface area contributed by atoms with Crippen molar-refractivity contribution < 1.29 is 22.4 Å². The third-order valence-corrected chi connectivity index (χ3v) is 6.37. The van der Waals surface area contributed by atoms with E-state index in [0.29, 0.717) is 11.7 Å². The predicted molar refractivity (Wildman–Crippen MR) is 122 cm³/mol. The molecule has 30 heavy (non-hydrogen) atoms. The van der Waals surface area contributed by atoms with E-state index in [1.807, 2.05) is 18.2 Å². The molecule has 0 saturated carbocycles. The molecule has 0 amide bonds. The first-order valence-electron chi connectivity index (χ1n) is 11.1. The first-order chi connectivity index (χ1) is 14.1. The van der Waals surface area contributed by atoms with Crippen molar-refractivity contribution in [3.05, 3.63) is 35.9 Å². The number of fused-ring (bicyclic) bond motifs is 1. The molecule has 2 atom stereocenters. The van der Waals surface area contributed by atoms with Crippen LogP contribution in [0.5, 0.6) is 11.5 Å². The SMILES string of the molecule is CC(C)CCCC(C)CC=CC1(C)CCc2cc(OCCCS(=O)(=O)O)ccc2O1. The average molecular weight is 439 g/mol. The van der Waals surface area contributed by atoms with Gasteiger partial charge in [0.2, 0.25) is 0 Å². The van der Waals surface area contributed by atoms with Gasteiger partial charge in [-0.25, -0.2) is 0 Å². The Morgan fingerprint density at radius 3 is 2.70 bits per heavy atom. The van der Waals surface area contributed by atoms with Gasteiger partial charge in [-0.05, 0) is 74.3 Å². The minimum atomic E-state index is -3.93. The van der Waals surface area contributed by atoms with E-state index < -0.39 is 10.1 Å². The summed E-state index contributed by atoms with van der Waals surface area (Å²) in [5.74, 6) is 2.76. The number of ether oxygens (including phenoxy) is 2. The molecule has 1 aromatic carbocycles. The Morgan fingerprint density at radius 2 is 2.00 bits per heavy atom. The molecule has 5 nitrogen and oxygen atoms in total. The minimum absolute atomic E-state index is 0.245. The summed E-state index contributed by atoms with van der Waals surface area (Å²) in [6, 6.07) is 5.73. The summed E-state index contributed by atoms with van der Waals surface area (Å²) >= 11 is 0. The van der Waals surface area contributed by atoms with Gasteiger partial charge in [0, 0.05) is 0 Å². The second kappa shape index (κ2) is 11.2. The van der Waals surface area contributed by atoms with Crippen molar-refractivity contribution in [3.63, 3.8) is 0 Å². The third-order valence-electron chi connectivity index (χ3n) is 5.57. The van der Waals surface area contributed by atoms with Gasteiger partial charge in [0.15, 0.2) is 0 Å². The molecular weight excluding hydrogens is 400 g/mol. The Labute approximate surface area is 182 Å². The Bertz CT molecular complexity index is 800. The largest absolute Gasteiger partial charge is 0.494 e. The molecule has 0 saturated heterocycles. The zero-order valence-electron chi connectivity index (χ0n) is 18.9. The summed E-state index contributed by atoms with van der Waals surface area (Å²) in [6.07, 6.45) is 11.5. The zero-order valence-corrected chi connectivity index (χ0v) is 19.7. The molecule has 1 aromatic rings. The van der Waals surface area contributed by atoms with Crippen LogP contribution in [0.25, 0.3) is 0 Å². The lowest BCUT2D eigenvalue weighted by Crippen LogP contribution is -2.34. The van der Waals surface area contributed by atoms with Crippen LogP contribution in [0.4, 0.5) is 0 Å². The lowest BCUT2D eigenvalue weighted by atomic mass is 9.91. The van der Waals surface area contributed by atoms with Crippen LogP contribution >= 0.6 is 0 Å². The number of rotatable bonds is 12. The van der Waals surface area contributed by atoms with Gasteiger partial charge in [0.1, 0.15) is 17.1 Å². The maximum absolute atomic E-state index is 10.8. The van der Waals surface area contributed by atoms with Crippen LogP contribution < -0.4 is 9.47 Å². The van der Waals surface area contributed by atoms with Gasteiger partial charge in [-0.2, -0.15) is 8.42 Å². The smallest absolute Gasteiger partial charge is 0.264 e. The van der Waals surface area contributed by atoms with E-state index in [1.165, 1.54) is 19.3 Å². The standard InChI is InChI=1S/C24H38O5S/c1-19(2)8-5-9-20(3)10-6-14-24(4)15-13-21-18-22(11-12-23(21)29-24)28-16-7-17-30(25,26)27/h6,11-12,14,18-20H,5,7-10,13,15-17H2,1-4H3,(H,25,26,27). The molecule has 0 bridgehead atoms. The van der Waals surface area contributed by atoms with Crippen LogP contribution in [0.3, 0.4) is 0 Å². The van der Waals surface area contributed by atoms with Crippen molar-refractivity contribution in [1.82, 2.24) is 0 Å². The molecule has 0 aliphatic carbocycles. The van der Waals surface area contributed by atoms with E-state index in [9.17, 15) is 8.42 Å². The van der Waals surface area contributed by atoms with Crippen molar-refractivity contribution in [3.8, 4) is 11.5 Å². The minimum Gasteiger partial charge on any atom is -0.494 e.